The van der Waals surface area contributed by atoms with Gasteiger partial charge in [-0.15, -0.1) is 6.58 Å². The number of aryl methyl sites for hydroxylation is 1. The van der Waals surface area contributed by atoms with Crippen LogP contribution in [0.15, 0.2) is 61.2 Å². The molecule has 0 aliphatic carbocycles. The molecule has 0 aromatic heterocycles. The second-order valence-corrected chi connectivity index (χ2v) is 9.08. The third-order valence-corrected chi connectivity index (χ3v) is 6.52. The standard InChI is InChI=1S/C27H34O7/c1-4-5-22-24-25(34-26(31-22)20-12-10-18(11-13-20)17(3)14-28)23(21(30)15-29)32-27(33-24)19-8-6-16(2)7-9-19/h4,6-13,17,21-30H,1,5,14-15H2,2-3H3. The van der Waals surface area contributed by atoms with Crippen LogP contribution in [0.25, 0.3) is 0 Å². The Labute approximate surface area is 200 Å². The van der Waals surface area contributed by atoms with E-state index in [9.17, 15) is 15.3 Å². The lowest BCUT2D eigenvalue weighted by molar-refractivity contribution is -0.390. The number of fused-ring (bicyclic) bond motifs is 1. The zero-order chi connectivity index (χ0) is 24.2. The molecular weight excluding hydrogens is 436 g/mol. The van der Waals surface area contributed by atoms with Gasteiger partial charge in [0.1, 0.15) is 24.4 Å². The van der Waals surface area contributed by atoms with Gasteiger partial charge in [-0.1, -0.05) is 67.1 Å². The van der Waals surface area contributed by atoms with Crippen LogP contribution in [0.3, 0.4) is 0 Å². The number of hydrogen-bond acceptors (Lipinski definition) is 7. The summed E-state index contributed by atoms with van der Waals surface area (Å²) in [6.45, 7) is 7.42. The first kappa shape index (κ1) is 25.0. The van der Waals surface area contributed by atoms with E-state index in [1.165, 1.54) is 0 Å². The van der Waals surface area contributed by atoms with Crippen molar-refractivity contribution in [3.63, 3.8) is 0 Å². The molecule has 0 bridgehead atoms. The van der Waals surface area contributed by atoms with E-state index in [2.05, 4.69) is 6.58 Å². The summed E-state index contributed by atoms with van der Waals surface area (Å²) < 4.78 is 25.1. The fourth-order valence-corrected chi connectivity index (χ4v) is 4.42. The highest BCUT2D eigenvalue weighted by Gasteiger charge is 2.51. The van der Waals surface area contributed by atoms with Gasteiger partial charge < -0.3 is 34.3 Å². The van der Waals surface area contributed by atoms with E-state index in [-0.39, 0.29) is 18.6 Å². The van der Waals surface area contributed by atoms with Crippen molar-refractivity contribution in [3.05, 3.63) is 83.4 Å². The van der Waals surface area contributed by atoms with E-state index in [0.717, 1.165) is 22.3 Å². The zero-order valence-corrected chi connectivity index (χ0v) is 19.6. The van der Waals surface area contributed by atoms with Crippen molar-refractivity contribution in [2.75, 3.05) is 13.2 Å². The lowest BCUT2D eigenvalue weighted by Gasteiger charge is -2.50. The number of ether oxygens (including phenoxy) is 4. The van der Waals surface area contributed by atoms with Gasteiger partial charge in [0.15, 0.2) is 12.6 Å². The minimum atomic E-state index is -1.15. The van der Waals surface area contributed by atoms with Gasteiger partial charge in [-0.3, -0.25) is 0 Å². The molecule has 2 fully saturated rings. The molecule has 0 saturated carbocycles. The van der Waals surface area contributed by atoms with Crippen molar-refractivity contribution >= 4 is 0 Å². The first-order valence-electron chi connectivity index (χ1n) is 11.7. The second kappa shape index (κ2) is 11.1. The highest BCUT2D eigenvalue weighted by molar-refractivity contribution is 5.27. The normalized spacial score (nSPS) is 30.9. The Kier molecular flexibility index (Phi) is 8.16. The Morgan fingerprint density at radius 2 is 1.44 bits per heavy atom. The molecular formula is C27H34O7. The smallest absolute Gasteiger partial charge is 0.184 e. The van der Waals surface area contributed by atoms with E-state index in [1.54, 1.807) is 6.08 Å². The van der Waals surface area contributed by atoms with Crippen molar-refractivity contribution in [2.24, 2.45) is 0 Å². The maximum absolute atomic E-state index is 10.6. The van der Waals surface area contributed by atoms with Crippen LogP contribution < -0.4 is 0 Å². The monoisotopic (exact) mass is 470 g/mol. The molecule has 8 unspecified atom stereocenters. The lowest BCUT2D eigenvalue weighted by Crippen LogP contribution is -2.61. The van der Waals surface area contributed by atoms with Gasteiger partial charge in [0.2, 0.25) is 0 Å². The van der Waals surface area contributed by atoms with Gasteiger partial charge in [-0.2, -0.15) is 0 Å². The zero-order valence-electron chi connectivity index (χ0n) is 19.6. The number of aliphatic hydroxyl groups excluding tert-OH is 3. The van der Waals surface area contributed by atoms with Crippen LogP contribution in [0.5, 0.6) is 0 Å². The first-order valence-corrected chi connectivity index (χ1v) is 11.7. The summed E-state index contributed by atoms with van der Waals surface area (Å²) >= 11 is 0. The quantitative estimate of drug-likeness (QED) is 0.510. The number of benzene rings is 2. The molecule has 0 amide bonds. The van der Waals surface area contributed by atoms with E-state index in [0.29, 0.717) is 6.42 Å². The molecule has 2 aliphatic heterocycles. The van der Waals surface area contributed by atoms with E-state index in [1.807, 2.05) is 62.4 Å². The third kappa shape index (κ3) is 5.26. The topological polar surface area (TPSA) is 97.6 Å². The van der Waals surface area contributed by atoms with Crippen molar-refractivity contribution in [2.45, 2.75) is 69.3 Å². The van der Waals surface area contributed by atoms with Gasteiger partial charge in [0.05, 0.1) is 12.7 Å². The van der Waals surface area contributed by atoms with Crippen molar-refractivity contribution < 1.29 is 34.3 Å². The van der Waals surface area contributed by atoms with E-state index in [4.69, 9.17) is 18.9 Å². The predicted octanol–water partition coefficient (Wildman–Crippen LogP) is 3.29. The molecule has 184 valence electrons. The summed E-state index contributed by atoms with van der Waals surface area (Å²) in [6, 6.07) is 15.5. The highest BCUT2D eigenvalue weighted by Crippen LogP contribution is 2.42. The molecule has 0 radical (unpaired) electrons. The van der Waals surface area contributed by atoms with Crippen molar-refractivity contribution in [1.29, 1.82) is 0 Å². The minimum Gasteiger partial charge on any atom is -0.396 e. The summed E-state index contributed by atoms with van der Waals surface area (Å²) in [6.07, 6.45) is -2.70. The van der Waals surface area contributed by atoms with Crippen LogP contribution in [0.1, 0.15) is 54.1 Å². The Hall–Kier alpha value is -2.10. The summed E-state index contributed by atoms with van der Waals surface area (Å²) in [5, 5.41) is 29.8. The largest absolute Gasteiger partial charge is 0.396 e. The summed E-state index contributed by atoms with van der Waals surface area (Å²) in [7, 11) is 0. The van der Waals surface area contributed by atoms with Gasteiger partial charge >= 0.3 is 0 Å². The summed E-state index contributed by atoms with van der Waals surface area (Å²) in [4.78, 5) is 0. The van der Waals surface area contributed by atoms with Gasteiger partial charge in [0, 0.05) is 23.7 Å². The van der Waals surface area contributed by atoms with Gasteiger partial charge in [-0.25, -0.2) is 0 Å². The SMILES string of the molecule is C=CCC1OC(c2ccc(C(C)CO)cc2)OC2C(C(O)CO)OC(c3ccc(C)cc3)OC12. The average Bonchev–Trinajstić information content (AvgIpc) is 2.87. The summed E-state index contributed by atoms with van der Waals surface area (Å²) in [5.74, 6) is 0.0306. The fraction of sp³-hybridized carbons (Fsp3) is 0.481. The molecule has 4 rings (SSSR count). The maximum atomic E-state index is 10.6. The van der Waals surface area contributed by atoms with Crippen LogP contribution in [-0.4, -0.2) is 59.1 Å². The molecule has 8 atom stereocenters. The van der Waals surface area contributed by atoms with Crippen LogP contribution >= 0.6 is 0 Å². The van der Waals surface area contributed by atoms with Crippen LogP contribution in [0, 0.1) is 6.92 Å². The molecule has 7 nitrogen and oxygen atoms in total. The molecule has 2 aromatic carbocycles. The van der Waals surface area contributed by atoms with Gasteiger partial charge in [0.25, 0.3) is 0 Å². The fourth-order valence-electron chi connectivity index (χ4n) is 4.42. The molecule has 7 heteroatoms. The van der Waals surface area contributed by atoms with Crippen LogP contribution in [-0.2, 0) is 18.9 Å². The van der Waals surface area contributed by atoms with E-state index < -0.39 is 43.6 Å². The third-order valence-electron chi connectivity index (χ3n) is 6.52. The first-order chi connectivity index (χ1) is 16.4. The highest BCUT2D eigenvalue weighted by atomic mass is 16.8. The number of hydrogen-bond donors (Lipinski definition) is 3. The average molecular weight is 471 g/mol. The van der Waals surface area contributed by atoms with Crippen LogP contribution in [0.4, 0.5) is 0 Å². The maximum Gasteiger partial charge on any atom is 0.184 e. The number of aliphatic hydroxyl groups is 3. The van der Waals surface area contributed by atoms with Crippen molar-refractivity contribution in [3.8, 4) is 0 Å². The molecule has 0 spiro atoms. The van der Waals surface area contributed by atoms with Crippen LogP contribution in [0.2, 0.25) is 0 Å². The second-order valence-electron chi connectivity index (χ2n) is 9.08. The molecule has 2 aromatic rings. The number of rotatable bonds is 8. The Morgan fingerprint density at radius 1 is 0.853 bits per heavy atom. The molecule has 3 N–H and O–H groups in total. The predicted molar refractivity (Wildman–Crippen MR) is 126 cm³/mol. The lowest BCUT2D eigenvalue weighted by atomic mass is 9.93. The minimum absolute atomic E-state index is 0.0306. The van der Waals surface area contributed by atoms with E-state index >= 15 is 0 Å². The molecule has 2 aliphatic rings. The molecule has 2 saturated heterocycles. The molecule has 34 heavy (non-hydrogen) atoms. The summed E-state index contributed by atoms with van der Waals surface area (Å²) in [5.41, 5.74) is 3.74. The Morgan fingerprint density at radius 3 is 2.03 bits per heavy atom. The van der Waals surface area contributed by atoms with Crippen molar-refractivity contribution in [1.82, 2.24) is 0 Å². The van der Waals surface area contributed by atoms with Gasteiger partial charge in [-0.05, 0) is 18.9 Å². The Balaban J connectivity index is 1.62. The molecule has 2 heterocycles. The Bertz CT molecular complexity index is 929.